The third-order valence-corrected chi connectivity index (χ3v) is 8.59. The number of thioether (sulfide) groups is 1. The molecule has 6 nitrogen and oxygen atoms in total. The topological polar surface area (TPSA) is 83.6 Å². The summed E-state index contributed by atoms with van der Waals surface area (Å²) in [5.74, 6) is 0.463. The molecule has 0 fully saturated rings. The average Bonchev–Trinajstić information content (AvgIpc) is 3.08. The number of hydrogen-bond acceptors (Lipinski definition) is 5. The van der Waals surface area contributed by atoms with Crippen molar-refractivity contribution >= 4 is 36.2 Å². The van der Waals surface area contributed by atoms with Crippen LogP contribution in [0.5, 0.6) is 0 Å². The summed E-state index contributed by atoms with van der Waals surface area (Å²) in [5, 5.41) is 1.07. The predicted molar refractivity (Wildman–Crippen MR) is 132 cm³/mol. The van der Waals surface area contributed by atoms with Crippen molar-refractivity contribution in [1.29, 1.82) is 0 Å². The lowest BCUT2D eigenvalue weighted by molar-refractivity contribution is -0.117. The number of amides is 1. The van der Waals surface area contributed by atoms with Gasteiger partial charge in [0.1, 0.15) is 0 Å². The smallest absolute Gasteiger partial charge is 0.330 e. The Morgan fingerprint density at radius 3 is 2.47 bits per heavy atom. The Balaban J connectivity index is 1.89. The van der Waals surface area contributed by atoms with Gasteiger partial charge in [0.25, 0.3) is 0 Å². The largest absolute Gasteiger partial charge is 0.369 e. The van der Waals surface area contributed by atoms with E-state index in [-0.39, 0.29) is 12.3 Å². The molecule has 0 bridgehead atoms. The monoisotopic (exact) mass is 474 g/mol. The lowest BCUT2D eigenvalue weighted by atomic mass is 10.1. The van der Waals surface area contributed by atoms with E-state index in [1.165, 1.54) is 19.8 Å². The fraction of sp³-hybridized carbons (Fsp3) is 0.375. The van der Waals surface area contributed by atoms with E-state index >= 15 is 0 Å². The second-order valence-corrected chi connectivity index (χ2v) is 11.1. The quantitative estimate of drug-likeness (QED) is 0.220. The van der Waals surface area contributed by atoms with Gasteiger partial charge in [0.05, 0.1) is 12.6 Å². The zero-order valence-corrected chi connectivity index (χ0v) is 20.6. The number of aromatic nitrogens is 1. The molecule has 8 heteroatoms. The van der Waals surface area contributed by atoms with Gasteiger partial charge in [0, 0.05) is 42.3 Å². The molecule has 0 aliphatic rings. The van der Waals surface area contributed by atoms with Crippen molar-refractivity contribution in [2.45, 2.75) is 37.6 Å². The lowest BCUT2D eigenvalue weighted by Gasteiger charge is -2.13. The Bertz CT molecular complexity index is 1110. The van der Waals surface area contributed by atoms with Crippen LogP contribution < -0.4 is 5.73 Å². The Hall–Kier alpha value is -2.05. The first-order valence-corrected chi connectivity index (χ1v) is 13.4. The fourth-order valence-electron chi connectivity index (χ4n) is 3.97. The van der Waals surface area contributed by atoms with Gasteiger partial charge in [0.2, 0.25) is 5.91 Å². The SMILES string of the molecule is CCc1c(CC(N)=O)c2cc(SCCCP(=O)(OC)OC)ccc2n1Cc1ccccc1. The zero-order chi connectivity index (χ0) is 23.1. The van der Waals surface area contributed by atoms with Gasteiger partial charge in [-0.1, -0.05) is 37.3 Å². The van der Waals surface area contributed by atoms with Crippen LogP contribution in [0.3, 0.4) is 0 Å². The first kappa shape index (κ1) is 24.6. The van der Waals surface area contributed by atoms with Gasteiger partial charge in [-0.15, -0.1) is 11.8 Å². The number of nitrogens with zero attached hydrogens (tertiary/aromatic N) is 1. The van der Waals surface area contributed by atoms with Crippen molar-refractivity contribution in [2.24, 2.45) is 5.73 Å². The van der Waals surface area contributed by atoms with Crippen LogP contribution in [0.15, 0.2) is 53.4 Å². The number of nitrogens with two attached hydrogens (primary N) is 1. The van der Waals surface area contributed by atoms with Crippen LogP contribution in [-0.2, 0) is 37.8 Å². The highest BCUT2D eigenvalue weighted by atomic mass is 32.2. The van der Waals surface area contributed by atoms with Gasteiger partial charge in [-0.25, -0.2) is 0 Å². The summed E-state index contributed by atoms with van der Waals surface area (Å²) in [6, 6.07) is 16.7. The lowest BCUT2D eigenvalue weighted by Crippen LogP contribution is -2.15. The normalized spacial score (nSPS) is 11.8. The van der Waals surface area contributed by atoms with E-state index in [0.29, 0.717) is 12.6 Å². The summed E-state index contributed by atoms with van der Waals surface area (Å²) in [4.78, 5) is 13.0. The number of carbonyl (C=O) groups excluding carboxylic acids is 1. The molecular weight excluding hydrogens is 443 g/mol. The molecular formula is C24H31N2O4PS. The minimum Gasteiger partial charge on any atom is -0.369 e. The van der Waals surface area contributed by atoms with Crippen molar-refractivity contribution in [3.05, 3.63) is 65.4 Å². The zero-order valence-electron chi connectivity index (χ0n) is 18.9. The van der Waals surface area contributed by atoms with Crippen LogP contribution in [-0.4, -0.2) is 36.6 Å². The fourth-order valence-corrected chi connectivity index (χ4v) is 6.14. The second kappa shape index (κ2) is 11.2. The number of primary amides is 1. The first-order chi connectivity index (χ1) is 15.4. The van der Waals surface area contributed by atoms with Crippen molar-refractivity contribution in [3.63, 3.8) is 0 Å². The highest BCUT2D eigenvalue weighted by molar-refractivity contribution is 7.99. The molecule has 2 N–H and O–H groups in total. The van der Waals surface area contributed by atoms with Gasteiger partial charge in [0.15, 0.2) is 0 Å². The first-order valence-electron chi connectivity index (χ1n) is 10.7. The summed E-state index contributed by atoms with van der Waals surface area (Å²) < 4.78 is 24.5. The van der Waals surface area contributed by atoms with Crippen molar-refractivity contribution in [2.75, 3.05) is 26.1 Å². The third-order valence-electron chi connectivity index (χ3n) is 5.53. The summed E-state index contributed by atoms with van der Waals surface area (Å²) in [7, 11) is -0.147. The molecule has 0 aliphatic heterocycles. The number of fused-ring (bicyclic) bond motifs is 1. The molecule has 1 aromatic heterocycles. The van der Waals surface area contributed by atoms with Crippen LogP contribution in [0.4, 0.5) is 0 Å². The summed E-state index contributed by atoms with van der Waals surface area (Å²) >= 11 is 1.69. The molecule has 1 amide bonds. The molecule has 0 unspecified atom stereocenters. The van der Waals surface area contributed by atoms with Gasteiger partial charge in [-0.3, -0.25) is 9.36 Å². The number of rotatable bonds is 12. The molecule has 0 aliphatic carbocycles. The number of hydrogen-bond donors (Lipinski definition) is 1. The van der Waals surface area contributed by atoms with Crippen molar-refractivity contribution in [3.8, 4) is 0 Å². The molecule has 3 rings (SSSR count). The van der Waals surface area contributed by atoms with Crippen LogP contribution in [0.2, 0.25) is 0 Å². The van der Waals surface area contributed by atoms with Gasteiger partial charge >= 0.3 is 7.60 Å². The van der Waals surface area contributed by atoms with Crippen molar-refractivity contribution < 1.29 is 18.4 Å². The molecule has 0 radical (unpaired) electrons. The molecule has 3 aromatic rings. The van der Waals surface area contributed by atoms with Crippen molar-refractivity contribution in [1.82, 2.24) is 4.57 Å². The van der Waals surface area contributed by atoms with E-state index in [0.717, 1.165) is 45.8 Å². The maximum atomic E-state index is 12.2. The van der Waals surface area contributed by atoms with E-state index in [2.05, 4.69) is 41.8 Å². The Labute approximate surface area is 194 Å². The Kier molecular flexibility index (Phi) is 8.60. The Morgan fingerprint density at radius 2 is 1.84 bits per heavy atom. The summed E-state index contributed by atoms with van der Waals surface area (Å²) in [5.41, 5.74) is 10.1. The minimum atomic E-state index is -2.97. The molecule has 1 heterocycles. The summed E-state index contributed by atoms with van der Waals surface area (Å²) in [6.07, 6.45) is 2.14. The van der Waals surface area contributed by atoms with Crippen LogP contribution in [0.1, 0.15) is 30.2 Å². The highest BCUT2D eigenvalue weighted by Gasteiger charge is 2.21. The Morgan fingerprint density at radius 1 is 1.12 bits per heavy atom. The van der Waals surface area contributed by atoms with E-state index < -0.39 is 7.60 Å². The van der Waals surface area contributed by atoms with Crippen LogP contribution in [0.25, 0.3) is 10.9 Å². The van der Waals surface area contributed by atoms with E-state index in [1.54, 1.807) is 11.8 Å². The van der Waals surface area contributed by atoms with Crippen LogP contribution >= 0.6 is 19.4 Å². The minimum absolute atomic E-state index is 0.223. The van der Waals surface area contributed by atoms with E-state index in [9.17, 15) is 9.36 Å². The molecule has 0 spiro atoms. The highest BCUT2D eigenvalue weighted by Crippen LogP contribution is 2.47. The maximum Gasteiger partial charge on any atom is 0.330 e. The van der Waals surface area contributed by atoms with Gasteiger partial charge in [-0.2, -0.15) is 0 Å². The van der Waals surface area contributed by atoms with Crippen LogP contribution in [0, 0.1) is 0 Å². The third kappa shape index (κ3) is 5.84. The predicted octanol–water partition coefficient (Wildman–Crippen LogP) is 5.25. The van der Waals surface area contributed by atoms with Gasteiger partial charge < -0.3 is 19.3 Å². The molecule has 2 aromatic carbocycles. The number of benzene rings is 2. The maximum absolute atomic E-state index is 12.2. The second-order valence-electron chi connectivity index (χ2n) is 7.57. The molecule has 0 saturated heterocycles. The standard InChI is InChI=1S/C24H31N2O4PS/c1-4-22-21(16-24(25)27)20-15-19(32-14-8-13-31(28,29-2)30-3)11-12-23(20)26(22)17-18-9-6-5-7-10-18/h5-7,9-12,15H,4,8,13-14,16-17H2,1-3H3,(H2,25,27). The van der Waals surface area contributed by atoms with E-state index in [4.69, 9.17) is 14.8 Å². The average molecular weight is 475 g/mol. The van der Waals surface area contributed by atoms with Gasteiger partial charge in [-0.05, 0) is 47.9 Å². The molecule has 0 saturated carbocycles. The molecule has 0 atom stereocenters. The summed E-state index contributed by atoms with van der Waals surface area (Å²) in [6.45, 7) is 2.86. The van der Waals surface area contributed by atoms with E-state index in [1.807, 2.05) is 18.2 Å². The molecule has 172 valence electrons. The molecule has 32 heavy (non-hydrogen) atoms. The number of carbonyl (C=O) groups is 1.